The molecule has 1 spiro atoms. The van der Waals surface area contributed by atoms with Crippen molar-refractivity contribution in [1.29, 1.82) is 0 Å². The maximum absolute atomic E-state index is 13.2. The summed E-state index contributed by atoms with van der Waals surface area (Å²) in [4.78, 5) is 17.1. The standard InChI is InChI=1S/C29H37N7OS2/c1-28(2,3)39(37)35-24-20-7-5-4-6-19(20)16-29(24)11-14-36(15-12-29)22-17-33-27(26(31)34-22)38-21-10-13-32-25(30)23(21)18-8-9-18/h4-7,10,13,17-18,24,35H,8-9,11-12,14-16H2,1-3H3,(H2,30,32)(H2,31,34)/t24-,39?/m1/s1. The molecule has 2 aliphatic carbocycles. The summed E-state index contributed by atoms with van der Waals surface area (Å²) in [5.74, 6) is 2.32. The minimum Gasteiger partial charge on any atom is -0.598 e. The highest BCUT2D eigenvalue weighted by atomic mass is 32.2. The third-order valence-electron chi connectivity index (χ3n) is 8.31. The molecule has 2 fully saturated rings. The van der Waals surface area contributed by atoms with Gasteiger partial charge in [0.2, 0.25) is 0 Å². The molecule has 39 heavy (non-hydrogen) atoms. The molecule has 3 heterocycles. The lowest BCUT2D eigenvalue weighted by atomic mass is 9.73. The van der Waals surface area contributed by atoms with Crippen molar-refractivity contribution in [2.24, 2.45) is 5.41 Å². The van der Waals surface area contributed by atoms with Crippen molar-refractivity contribution in [2.75, 3.05) is 29.5 Å². The normalized spacial score (nSPS) is 21.2. The fourth-order valence-electron chi connectivity index (χ4n) is 5.97. The van der Waals surface area contributed by atoms with E-state index in [1.165, 1.54) is 22.9 Å². The Balaban J connectivity index is 1.18. The zero-order valence-corrected chi connectivity index (χ0v) is 24.4. The molecule has 1 saturated carbocycles. The van der Waals surface area contributed by atoms with E-state index < -0.39 is 11.4 Å². The first kappa shape index (κ1) is 26.7. The molecule has 0 bridgehead atoms. The number of nitrogen functional groups attached to an aromatic ring is 2. The van der Waals surface area contributed by atoms with E-state index in [-0.39, 0.29) is 16.2 Å². The number of hydrogen-bond acceptors (Lipinski definition) is 9. The first-order valence-corrected chi connectivity index (χ1v) is 15.7. The summed E-state index contributed by atoms with van der Waals surface area (Å²) in [6.07, 6.45) is 8.82. The first-order valence-electron chi connectivity index (χ1n) is 13.7. The van der Waals surface area contributed by atoms with Gasteiger partial charge in [0.1, 0.15) is 21.4 Å². The van der Waals surface area contributed by atoms with Crippen LogP contribution in [0.3, 0.4) is 0 Å². The summed E-state index contributed by atoms with van der Waals surface area (Å²) in [6, 6.07) is 10.7. The lowest BCUT2D eigenvalue weighted by Gasteiger charge is -2.44. The van der Waals surface area contributed by atoms with E-state index in [2.05, 4.69) is 38.9 Å². The van der Waals surface area contributed by atoms with Gasteiger partial charge in [0.05, 0.1) is 12.2 Å². The van der Waals surface area contributed by atoms with E-state index in [9.17, 15) is 4.55 Å². The molecule has 10 heteroatoms. The Morgan fingerprint density at radius 2 is 1.82 bits per heavy atom. The van der Waals surface area contributed by atoms with Crippen LogP contribution in [0.4, 0.5) is 17.5 Å². The number of hydrogen-bond donors (Lipinski definition) is 3. The summed E-state index contributed by atoms with van der Waals surface area (Å²) in [6.45, 7) is 7.76. The van der Waals surface area contributed by atoms with Crippen molar-refractivity contribution >= 4 is 40.6 Å². The van der Waals surface area contributed by atoms with Gasteiger partial charge in [-0.2, -0.15) is 0 Å². The lowest BCUT2D eigenvalue weighted by Crippen LogP contribution is -2.49. The van der Waals surface area contributed by atoms with Crippen molar-refractivity contribution in [3.8, 4) is 0 Å². The van der Waals surface area contributed by atoms with Crippen LogP contribution < -0.4 is 21.1 Å². The SMILES string of the molecule is CC(C)(C)[S+]([O-])N[C@@H]1c2ccccc2CC12CCN(c1cnc(Sc3ccnc(N)c3C3CC3)c(N)n1)CC2. The van der Waals surface area contributed by atoms with E-state index in [0.717, 1.165) is 61.5 Å². The van der Waals surface area contributed by atoms with Gasteiger partial charge in [-0.05, 0) is 76.0 Å². The summed E-state index contributed by atoms with van der Waals surface area (Å²) < 4.78 is 16.4. The second kappa shape index (κ2) is 10.1. The van der Waals surface area contributed by atoms with Gasteiger partial charge in [-0.3, -0.25) is 0 Å². The minimum atomic E-state index is -1.15. The number of anilines is 3. The van der Waals surface area contributed by atoms with Crippen LogP contribution in [0.5, 0.6) is 0 Å². The summed E-state index contributed by atoms with van der Waals surface area (Å²) >= 11 is 0.372. The zero-order valence-electron chi connectivity index (χ0n) is 22.8. The maximum atomic E-state index is 13.2. The molecule has 1 aromatic carbocycles. The Kier molecular flexibility index (Phi) is 6.94. The van der Waals surface area contributed by atoms with Gasteiger partial charge in [0.15, 0.2) is 5.82 Å². The van der Waals surface area contributed by atoms with Crippen LogP contribution in [0.2, 0.25) is 0 Å². The largest absolute Gasteiger partial charge is 0.598 e. The summed E-state index contributed by atoms with van der Waals surface area (Å²) in [5, 5.41) is 0.694. The third-order valence-corrected chi connectivity index (χ3v) is 11.0. The zero-order chi connectivity index (χ0) is 27.4. The average molecular weight is 564 g/mol. The van der Waals surface area contributed by atoms with Crippen LogP contribution in [-0.2, 0) is 17.8 Å². The van der Waals surface area contributed by atoms with E-state index in [1.54, 1.807) is 6.20 Å². The van der Waals surface area contributed by atoms with Crippen LogP contribution in [0, 0.1) is 5.41 Å². The van der Waals surface area contributed by atoms with Crippen molar-refractivity contribution in [2.45, 2.75) is 79.5 Å². The highest BCUT2D eigenvalue weighted by Gasteiger charge is 2.50. The number of pyridine rings is 1. The molecular weight excluding hydrogens is 527 g/mol. The molecule has 6 rings (SSSR count). The Morgan fingerprint density at radius 1 is 1.08 bits per heavy atom. The molecular formula is C29H37N7OS2. The molecule has 0 amide bonds. The molecule has 206 valence electrons. The second-order valence-electron chi connectivity index (χ2n) is 12.1. The second-order valence-corrected chi connectivity index (χ2v) is 15.1. The highest BCUT2D eigenvalue weighted by Crippen LogP contribution is 2.53. The molecule has 3 aliphatic rings. The maximum Gasteiger partial charge on any atom is 0.158 e. The molecule has 3 aromatic rings. The predicted octanol–water partition coefficient (Wildman–Crippen LogP) is 5.00. The Hall–Kier alpha value is -2.53. The number of nitrogens with zero attached hydrogens (tertiary/aromatic N) is 4. The van der Waals surface area contributed by atoms with Crippen LogP contribution in [-0.4, -0.2) is 37.3 Å². The van der Waals surface area contributed by atoms with Crippen LogP contribution in [0.1, 0.15) is 75.1 Å². The van der Waals surface area contributed by atoms with Crippen molar-refractivity contribution in [1.82, 2.24) is 19.7 Å². The summed E-state index contributed by atoms with van der Waals surface area (Å²) in [5.41, 5.74) is 16.4. The topological polar surface area (TPSA) is 129 Å². The van der Waals surface area contributed by atoms with Crippen LogP contribution in [0.15, 0.2) is 52.6 Å². The van der Waals surface area contributed by atoms with E-state index in [4.69, 9.17) is 21.4 Å². The molecule has 1 unspecified atom stereocenters. The van der Waals surface area contributed by atoms with E-state index >= 15 is 0 Å². The summed E-state index contributed by atoms with van der Waals surface area (Å²) in [7, 11) is 0. The van der Waals surface area contributed by atoms with Crippen molar-refractivity contribution in [3.05, 3.63) is 59.4 Å². The van der Waals surface area contributed by atoms with Crippen LogP contribution >= 0.6 is 11.8 Å². The van der Waals surface area contributed by atoms with Crippen molar-refractivity contribution in [3.63, 3.8) is 0 Å². The number of aromatic nitrogens is 3. The number of nitrogens with one attached hydrogen (secondary N) is 1. The van der Waals surface area contributed by atoms with Gasteiger partial charge < -0.3 is 20.9 Å². The minimum absolute atomic E-state index is 0.0242. The van der Waals surface area contributed by atoms with Crippen molar-refractivity contribution < 1.29 is 4.55 Å². The van der Waals surface area contributed by atoms with Crippen LogP contribution in [0.25, 0.3) is 0 Å². The molecule has 0 radical (unpaired) electrons. The molecule has 8 nitrogen and oxygen atoms in total. The molecule has 2 aromatic heterocycles. The Bertz CT molecular complexity index is 1370. The fourth-order valence-corrected chi connectivity index (χ4v) is 7.89. The average Bonchev–Trinajstić information content (AvgIpc) is 3.69. The quantitative estimate of drug-likeness (QED) is 0.355. The Labute approximate surface area is 238 Å². The first-order chi connectivity index (χ1) is 18.6. The predicted molar refractivity (Wildman–Crippen MR) is 159 cm³/mol. The van der Waals surface area contributed by atoms with Gasteiger partial charge in [-0.15, -0.1) is 4.72 Å². The Morgan fingerprint density at radius 3 is 2.51 bits per heavy atom. The highest BCUT2D eigenvalue weighted by molar-refractivity contribution is 7.99. The van der Waals surface area contributed by atoms with Gasteiger partial charge in [0, 0.05) is 46.5 Å². The van der Waals surface area contributed by atoms with Gasteiger partial charge in [-0.1, -0.05) is 36.0 Å². The monoisotopic (exact) mass is 563 g/mol. The van der Waals surface area contributed by atoms with E-state index in [0.29, 0.717) is 22.6 Å². The molecule has 1 saturated heterocycles. The number of benzene rings is 1. The lowest BCUT2D eigenvalue weighted by molar-refractivity contribution is 0.176. The smallest absolute Gasteiger partial charge is 0.158 e. The third kappa shape index (κ3) is 5.19. The fraction of sp³-hybridized carbons (Fsp3) is 0.483. The number of piperidine rings is 1. The van der Waals surface area contributed by atoms with Gasteiger partial charge in [0.25, 0.3) is 0 Å². The molecule has 5 N–H and O–H groups in total. The number of fused-ring (bicyclic) bond motifs is 1. The number of nitrogens with two attached hydrogens (primary N) is 2. The molecule has 1 aliphatic heterocycles. The van der Waals surface area contributed by atoms with Gasteiger partial charge >= 0.3 is 0 Å². The van der Waals surface area contributed by atoms with E-state index in [1.807, 2.05) is 33.0 Å². The number of rotatable bonds is 6. The van der Waals surface area contributed by atoms with Gasteiger partial charge in [-0.25, -0.2) is 15.0 Å². The molecule has 2 atom stereocenters.